The van der Waals surface area contributed by atoms with Crippen LogP contribution in [0.1, 0.15) is 15.9 Å². The molecule has 0 atom stereocenters. The minimum atomic E-state index is -0.143. The van der Waals surface area contributed by atoms with Gasteiger partial charge in [0.05, 0.1) is 11.8 Å². The van der Waals surface area contributed by atoms with Crippen LogP contribution in [0.5, 0.6) is 5.75 Å². The molecule has 0 saturated carbocycles. The van der Waals surface area contributed by atoms with Crippen molar-refractivity contribution in [2.75, 3.05) is 7.11 Å². The number of fused-ring (bicyclic) bond motifs is 1. The third kappa shape index (κ3) is 2.85. The van der Waals surface area contributed by atoms with E-state index in [0.717, 1.165) is 21.5 Å². The molecule has 1 amide bonds. The summed E-state index contributed by atoms with van der Waals surface area (Å²) in [7, 11) is 1.61. The SMILES string of the molecule is COc1ccccc1CNC(=O)c1ccc2snnc2c1. The third-order valence-corrected chi connectivity index (χ3v) is 3.85. The Morgan fingerprint density at radius 2 is 2.14 bits per heavy atom. The van der Waals surface area contributed by atoms with Gasteiger partial charge < -0.3 is 10.1 Å². The van der Waals surface area contributed by atoms with Gasteiger partial charge in [-0.15, -0.1) is 5.10 Å². The number of nitrogens with zero attached hydrogens (tertiary/aromatic N) is 2. The van der Waals surface area contributed by atoms with Gasteiger partial charge in [-0.05, 0) is 35.8 Å². The van der Waals surface area contributed by atoms with E-state index in [4.69, 9.17) is 4.74 Å². The minimum absolute atomic E-state index is 0.143. The van der Waals surface area contributed by atoms with Gasteiger partial charge in [-0.1, -0.05) is 22.7 Å². The lowest BCUT2D eigenvalue weighted by molar-refractivity contribution is 0.0951. The second-order valence-corrected chi connectivity index (χ2v) is 5.24. The van der Waals surface area contributed by atoms with E-state index in [1.165, 1.54) is 11.5 Å². The number of hydrogen-bond acceptors (Lipinski definition) is 5. The van der Waals surface area contributed by atoms with Crippen molar-refractivity contribution in [3.8, 4) is 5.75 Å². The van der Waals surface area contributed by atoms with Gasteiger partial charge in [0.1, 0.15) is 11.3 Å². The first-order valence-corrected chi connectivity index (χ1v) is 7.17. The number of nitrogens with one attached hydrogen (secondary N) is 1. The number of methoxy groups -OCH3 is 1. The molecule has 0 fully saturated rings. The molecule has 0 aliphatic carbocycles. The van der Waals surface area contributed by atoms with Gasteiger partial charge in [0, 0.05) is 17.7 Å². The van der Waals surface area contributed by atoms with Crippen LogP contribution in [0.2, 0.25) is 0 Å². The second kappa shape index (κ2) is 5.88. The van der Waals surface area contributed by atoms with Crippen molar-refractivity contribution in [1.82, 2.24) is 14.9 Å². The highest BCUT2D eigenvalue weighted by atomic mass is 32.1. The van der Waals surface area contributed by atoms with Crippen LogP contribution in [0.4, 0.5) is 0 Å². The highest BCUT2D eigenvalue weighted by molar-refractivity contribution is 7.12. The third-order valence-electron chi connectivity index (χ3n) is 3.14. The van der Waals surface area contributed by atoms with E-state index in [2.05, 4.69) is 14.9 Å². The van der Waals surface area contributed by atoms with E-state index in [1.54, 1.807) is 19.2 Å². The van der Waals surface area contributed by atoms with Gasteiger partial charge in [0.2, 0.25) is 0 Å². The molecule has 6 heteroatoms. The monoisotopic (exact) mass is 299 g/mol. The number of benzene rings is 2. The highest BCUT2D eigenvalue weighted by Crippen LogP contribution is 2.18. The van der Waals surface area contributed by atoms with Crippen LogP contribution >= 0.6 is 11.5 Å². The summed E-state index contributed by atoms with van der Waals surface area (Å²) >= 11 is 1.31. The second-order valence-electron chi connectivity index (χ2n) is 4.45. The molecule has 1 heterocycles. The van der Waals surface area contributed by atoms with E-state index < -0.39 is 0 Å². The van der Waals surface area contributed by atoms with Crippen molar-refractivity contribution in [3.63, 3.8) is 0 Å². The molecule has 3 aromatic rings. The first-order chi connectivity index (χ1) is 10.3. The highest BCUT2D eigenvalue weighted by Gasteiger charge is 2.09. The molecule has 0 bridgehead atoms. The van der Waals surface area contributed by atoms with E-state index in [-0.39, 0.29) is 5.91 Å². The zero-order valence-electron chi connectivity index (χ0n) is 11.4. The molecule has 0 saturated heterocycles. The van der Waals surface area contributed by atoms with Crippen LogP contribution in [0.3, 0.4) is 0 Å². The van der Waals surface area contributed by atoms with Crippen LogP contribution in [-0.4, -0.2) is 22.6 Å². The number of ether oxygens (including phenoxy) is 1. The summed E-state index contributed by atoms with van der Waals surface area (Å²) in [5, 5.41) is 6.86. The molecular formula is C15H13N3O2S. The van der Waals surface area contributed by atoms with Crippen molar-refractivity contribution in [2.24, 2.45) is 0 Å². The fraction of sp³-hybridized carbons (Fsp3) is 0.133. The number of carbonyl (C=O) groups excluding carboxylic acids is 1. The normalized spacial score (nSPS) is 10.5. The molecule has 0 radical (unpaired) electrons. The Bertz CT molecular complexity index is 785. The zero-order valence-corrected chi connectivity index (χ0v) is 12.2. The summed E-state index contributed by atoms with van der Waals surface area (Å²) in [4.78, 5) is 12.2. The number of aromatic nitrogens is 2. The number of amides is 1. The van der Waals surface area contributed by atoms with Crippen molar-refractivity contribution >= 4 is 27.7 Å². The summed E-state index contributed by atoms with van der Waals surface area (Å²) in [6.07, 6.45) is 0. The lowest BCUT2D eigenvalue weighted by atomic mass is 10.1. The lowest BCUT2D eigenvalue weighted by Gasteiger charge is -2.09. The van der Waals surface area contributed by atoms with Crippen LogP contribution in [0.15, 0.2) is 42.5 Å². The Balaban J connectivity index is 1.74. The maximum atomic E-state index is 12.2. The van der Waals surface area contributed by atoms with Gasteiger partial charge in [0.25, 0.3) is 5.91 Å². The summed E-state index contributed by atoms with van der Waals surface area (Å²) in [5.74, 6) is 0.618. The van der Waals surface area contributed by atoms with Crippen molar-refractivity contribution < 1.29 is 9.53 Å². The Morgan fingerprint density at radius 1 is 1.29 bits per heavy atom. The number of carbonyl (C=O) groups is 1. The van der Waals surface area contributed by atoms with E-state index in [0.29, 0.717) is 12.1 Å². The largest absolute Gasteiger partial charge is 0.496 e. The van der Waals surface area contributed by atoms with Crippen molar-refractivity contribution in [2.45, 2.75) is 6.54 Å². The first-order valence-electron chi connectivity index (χ1n) is 6.40. The fourth-order valence-corrected chi connectivity index (χ4v) is 2.59. The quantitative estimate of drug-likeness (QED) is 0.804. The van der Waals surface area contributed by atoms with Gasteiger partial charge in [0.15, 0.2) is 0 Å². The molecule has 0 aliphatic rings. The minimum Gasteiger partial charge on any atom is -0.496 e. The van der Waals surface area contributed by atoms with Crippen molar-refractivity contribution in [1.29, 1.82) is 0 Å². The Labute approximate surface area is 125 Å². The Morgan fingerprint density at radius 3 is 3.00 bits per heavy atom. The zero-order chi connectivity index (χ0) is 14.7. The molecule has 1 N–H and O–H groups in total. The summed E-state index contributed by atoms with van der Waals surface area (Å²) in [6.45, 7) is 0.413. The Hall–Kier alpha value is -2.47. The fourth-order valence-electron chi connectivity index (χ4n) is 2.05. The molecule has 3 rings (SSSR count). The summed E-state index contributed by atoms with van der Waals surface area (Å²) < 4.78 is 10.1. The predicted octanol–water partition coefficient (Wildman–Crippen LogP) is 2.63. The molecule has 0 aliphatic heterocycles. The summed E-state index contributed by atoms with van der Waals surface area (Å²) in [5.41, 5.74) is 2.25. The van der Waals surface area contributed by atoms with E-state index in [1.807, 2.05) is 30.3 Å². The smallest absolute Gasteiger partial charge is 0.251 e. The van der Waals surface area contributed by atoms with Crippen LogP contribution < -0.4 is 10.1 Å². The lowest BCUT2D eigenvalue weighted by Crippen LogP contribution is -2.23. The molecule has 21 heavy (non-hydrogen) atoms. The van der Waals surface area contributed by atoms with Gasteiger partial charge >= 0.3 is 0 Å². The van der Waals surface area contributed by atoms with E-state index >= 15 is 0 Å². The van der Waals surface area contributed by atoms with Crippen LogP contribution in [0.25, 0.3) is 10.2 Å². The van der Waals surface area contributed by atoms with E-state index in [9.17, 15) is 4.79 Å². The molecule has 2 aromatic carbocycles. The van der Waals surface area contributed by atoms with Gasteiger partial charge in [-0.25, -0.2) is 0 Å². The van der Waals surface area contributed by atoms with Crippen LogP contribution in [-0.2, 0) is 6.54 Å². The average molecular weight is 299 g/mol. The predicted molar refractivity (Wildman–Crippen MR) is 81.6 cm³/mol. The topological polar surface area (TPSA) is 64.1 Å². The van der Waals surface area contributed by atoms with Gasteiger partial charge in [-0.3, -0.25) is 4.79 Å². The maximum absolute atomic E-state index is 12.2. The first kappa shape index (κ1) is 13.5. The molecule has 0 unspecified atom stereocenters. The number of hydrogen-bond donors (Lipinski definition) is 1. The van der Waals surface area contributed by atoms with Crippen LogP contribution in [0, 0.1) is 0 Å². The molecule has 106 valence electrons. The molecule has 5 nitrogen and oxygen atoms in total. The Kier molecular flexibility index (Phi) is 3.79. The molecule has 0 spiro atoms. The number of rotatable bonds is 4. The van der Waals surface area contributed by atoms with Gasteiger partial charge in [-0.2, -0.15) is 0 Å². The average Bonchev–Trinajstić information content (AvgIpc) is 3.00. The van der Waals surface area contributed by atoms with Crippen molar-refractivity contribution in [3.05, 3.63) is 53.6 Å². The summed E-state index contributed by atoms with van der Waals surface area (Å²) in [6, 6.07) is 13.0. The molecule has 1 aromatic heterocycles. The maximum Gasteiger partial charge on any atom is 0.251 e. The number of para-hydroxylation sites is 1. The molecular weight excluding hydrogens is 286 g/mol. The standard InChI is InChI=1S/C15H13N3O2S/c1-20-13-5-3-2-4-11(13)9-16-15(19)10-6-7-14-12(8-10)17-18-21-14/h2-8H,9H2,1H3,(H,16,19).